The number of ether oxygens (including phenoxy) is 2. The Balaban J connectivity index is 2.84. The Morgan fingerprint density at radius 3 is 2.55 bits per heavy atom. The first kappa shape index (κ1) is 16.5. The van der Waals surface area contributed by atoms with E-state index < -0.39 is 0 Å². The summed E-state index contributed by atoms with van der Waals surface area (Å²) in [5.74, 6) is 0.818. The quantitative estimate of drug-likeness (QED) is 0.780. The lowest BCUT2D eigenvalue weighted by molar-refractivity contribution is -0.144. The summed E-state index contributed by atoms with van der Waals surface area (Å²) in [5.41, 5.74) is 1.08. The average Bonchev–Trinajstić information content (AvgIpc) is 2.50. The number of carbonyl (C=O) groups is 1. The highest BCUT2D eigenvalue weighted by Crippen LogP contribution is 2.21. The lowest BCUT2D eigenvalue weighted by atomic mass is 9.97. The van der Waals surface area contributed by atoms with Gasteiger partial charge in [0.15, 0.2) is 0 Å². The molecule has 20 heavy (non-hydrogen) atoms. The molecule has 4 nitrogen and oxygen atoms in total. The van der Waals surface area contributed by atoms with Crippen molar-refractivity contribution in [1.29, 1.82) is 0 Å². The molecule has 1 N–H and O–H groups in total. The molecule has 0 aromatic heterocycles. The van der Waals surface area contributed by atoms with Crippen LogP contribution in [0.2, 0.25) is 0 Å². The monoisotopic (exact) mass is 279 g/mol. The van der Waals surface area contributed by atoms with Crippen LogP contribution >= 0.6 is 0 Å². The second kappa shape index (κ2) is 7.90. The van der Waals surface area contributed by atoms with Crippen molar-refractivity contribution in [2.45, 2.75) is 39.3 Å². The van der Waals surface area contributed by atoms with Gasteiger partial charge in [0.05, 0.1) is 14.2 Å². The van der Waals surface area contributed by atoms with Gasteiger partial charge in [-0.3, -0.25) is 10.1 Å². The molecule has 0 saturated carbocycles. The Labute approximate surface area is 121 Å². The molecular weight excluding hydrogens is 254 g/mol. The molecule has 4 heteroatoms. The lowest BCUT2D eigenvalue weighted by Gasteiger charge is -2.26. The maximum Gasteiger partial charge on any atom is 0.323 e. The highest BCUT2D eigenvalue weighted by molar-refractivity contribution is 5.76. The van der Waals surface area contributed by atoms with Gasteiger partial charge in [0, 0.05) is 6.04 Å². The SMILES string of the molecule is CCC(C)C(NC(C)c1cccc(OC)c1)C(=O)OC. The largest absolute Gasteiger partial charge is 0.497 e. The van der Waals surface area contributed by atoms with Gasteiger partial charge in [-0.15, -0.1) is 0 Å². The Kier molecular flexibility index (Phi) is 6.52. The van der Waals surface area contributed by atoms with Gasteiger partial charge in [-0.25, -0.2) is 0 Å². The predicted molar refractivity (Wildman–Crippen MR) is 79.8 cm³/mol. The van der Waals surface area contributed by atoms with E-state index in [9.17, 15) is 4.79 Å². The summed E-state index contributed by atoms with van der Waals surface area (Å²) in [4.78, 5) is 11.9. The zero-order valence-corrected chi connectivity index (χ0v) is 13.0. The van der Waals surface area contributed by atoms with Crippen LogP contribution in [0.4, 0.5) is 0 Å². The molecule has 0 aliphatic rings. The van der Waals surface area contributed by atoms with Crippen LogP contribution in [-0.4, -0.2) is 26.2 Å². The maximum atomic E-state index is 11.9. The third-order valence-corrected chi connectivity index (χ3v) is 3.69. The fourth-order valence-electron chi connectivity index (χ4n) is 2.10. The van der Waals surface area contributed by atoms with Gasteiger partial charge in [-0.05, 0) is 30.5 Å². The molecular formula is C16H25NO3. The zero-order chi connectivity index (χ0) is 15.1. The molecule has 1 aromatic rings. The van der Waals surface area contributed by atoms with E-state index in [1.54, 1.807) is 7.11 Å². The van der Waals surface area contributed by atoms with Crippen LogP contribution in [0.1, 0.15) is 38.8 Å². The average molecular weight is 279 g/mol. The van der Waals surface area contributed by atoms with Crippen molar-refractivity contribution < 1.29 is 14.3 Å². The summed E-state index contributed by atoms with van der Waals surface area (Å²) in [6.07, 6.45) is 0.914. The summed E-state index contributed by atoms with van der Waals surface area (Å²) < 4.78 is 10.1. The Hall–Kier alpha value is -1.55. The van der Waals surface area contributed by atoms with E-state index in [-0.39, 0.29) is 24.0 Å². The van der Waals surface area contributed by atoms with Gasteiger partial charge < -0.3 is 9.47 Å². The van der Waals surface area contributed by atoms with E-state index >= 15 is 0 Å². The smallest absolute Gasteiger partial charge is 0.323 e. The highest BCUT2D eigenvalue weighted by atomic mass is 16.5. The van der Waals surface area contributed by atoms with Crippen LogP contribution in [0, 0.1) is 5.92 Å². The van der Waals surface area contributed by atoms with Crippen molar-refractivity contribution in [1.82, 2.24) is 5.32 Å². The van der Waals surface area contributed by atoms with E-state index in [1.807, 2.05) is 38.1 Å². The van der Waals surface area contributed by atoms with Crippen LogP contribution in [0.15, 0.2) is 24.3 Å². The Morgan fingerprint density at radius 1 is 1.30 bits per heavy atom. The van der Waals surface area contributed by atoms with E-state index in [0.29, 0.717) is 0 Å². The number of hydrogen-bond acceptors (Lipinski definition) is 4. The molecule has 0 radical (unpaired) electrons. The lowest BCUT2D eigenvalue weighted by Crippen LogP contribution is -2.43. The number of nitrogens with one attached hydrogen (secondary N) is 1. The number of methoxy groups -OCH3 is 2. The van der Waals surface area contributed by atoms with E-state index in [0.717, 1.165) is 17.7 Å². The first-order chi connectivity index (χ1) is 9.53. The third-order valence-electron chi connectivity index (χ3n) is 3.69. The summed E-state index contributed by atoms with van der Waals surface area (Å²) in [7, 11) is 3.07. The van der Waals surface area contributed by atoms with Gasteiger partial charge in [0.25, 0.3) is 0 Å². The molecule has 0 bridgehead atoms. The second-order valence-electron chi connectivity index (χ2n) is 5.05. The molecule has 1 aromatic carbocycles. The molecule has 0 heterocycles. The molecule has 112 valence electrons. The molecule has 3 atom stereocenters. The minimum absolute atomic E-state index is 0.0446. The normalized spacial score (nSPS) is 15.2. The molecule has 0 saturated heterocycles. The minimum Gasteiger partial charge on any atom is -0.497 e. The van der Waals surface area contributed by atoms with Gasteiger partial charge in [-0.1, -0.05) is 32.4 Å². The van der Waals surface area contributed by atoms with E-state index in [2.05, 4.69) is 12.2 Å². The van der Waals surface area contributed by atoms with Crippen molar-refractivity contribution in [3.05, 3.63) is 29.8 Å². The first-order valence-corrected chi connectivity index (χ1v) is 7.01. The van der Waals surface area contributed by atoms with Crippen LogP contribution in [0.25, 0.3) is 0 Å². The Morgan fingerprint density at radius 2 is 2.00 bits per heavy atom. The molecule has 0 aliphatic carbocycles. The van der Waals surface area contributed by atoms with Crippen LogP contribution < -0.4 is 10.1 Å². The van der Waals surface area contributed by atoms with Crippen molar-refractivity contribution in [3.8, 4) is 5.75 Å². The number of hydrogen-bond donors (Lipinski definition) is 1. The molecule has 0 spiro atoms. The standard InChI is InChI=1S/C16H25NO3/c1-6-11(2)15(16(18)20-5)17-12(3)13-8-7-9-14(10-13)19-4/h7-12,15,17H,6H2,1-5H3. The van der Waals surface area contributed by atoms with Crippen LogP contribution in [0.3, 0.4) is 0 Å². The number of rotatable bonds is 7. The zero-order valence-electron chi connectivity index (χ0n) is 13.0. The summed E-state index contributed by atoms with van der Waals surface area (Å²) in [6, 6.07) is 7.59. The minimum atomic E-state index is -0.300. The summed E-state index contributed by atoms with van der Waals surface area (Å²) in [6.45, 7) is 6.15. The van der Waals surface area contributed by atoms with Gasteiger partial charge >= 0.3 is 5.97 Å². The van der Waals surface area contributed by atoms with Crippen molar-refractivity contribution in [2.24, 2.45) is 5.92 Å². The molecule has 0 amide bonds. The third kappa shape index (κ3) is 4.23. The topological polar surface area (TPSA) is 47.6 Å². The summed E-state index contributed by atoms with van der Waals surface area (Å²) >= 11 is 0. The van der Waals surface area contributed by atoms with Crippen molar-refractivity contribution in [2.75, 3.05) is 14.2 Å². The van der Waals surface area contributed by atoms with Gasteiger partial charge in [0.2, 0.25) is 0 Å². The number of esters is 1. The predicted octanol–water partition coefficient (Wildman–Crippen LogP) is 2.93. The van der Waals surface area contributed by atoms with Crippen molar-refractivity contribution in [3.63, 3.8) is 0 Å². The summed E-state index contributed by atoms with van der Waals surface area (Å²) in [5, 5.41) is 3.36. The molecule has 1 rings (SSSR count). The van der Waals surface area contributed by atoms with E-state index in [4.69, 9.17) is 9.47 Å². The van der Waals surface area contributed by atoms with Crippen LogP contribution in [0.5, 0.6) is 5.75 Å². The van der Waals surface area contributed by atoms with E-state index in [1.165, 1.54) is 7.11 Å². The fraction of sp³-hybridized carbons (Fsp3) is 0.562. The number of benzene rings is 1. The van der Waals surface area contributed by atoms with Gasteiger partial charge in [0.1, 0.15) is 11.8 Å². The van der Waals surface area contributed by atoms with Crippen molar-refractivity contribution >= 4 is 5.97 Å². The fourth-order valence-corrected chi connectivity index (χ4v) is 2.10. The maximum absolute atomic E-state index is 11.9. The van der Waals surface area contributed by atoms with Crippen LogP contribution in [-0.2, 0) is 9.53 Å². The van der Waals surface area contributed by atoms with Gasteiger partial charge in [-0.2, -0.15) is 0 Å². The molecule has 3 unspecified atom stereocenters. The Bertz CT molecular complexity index is 433. The molecule has 0 fully saturated rings. The highest BCUT2D eigenvalue weighted by Gasteiger charge is 2.26. The molecule has 0 aliphatic heterocycles. The second-order valence-corrected chi connectivity index (χ2v) is 5.05. The number of carbonyl (C=O) groups excluding carboxylic acids is 1. The first-order valence-electron chi connectivity index (χ1n) is 7.01.